The molecule has 0 aliphatic rings. The highest BCUT2D eigenvalue weighted by atomic mass is 32.1. The minimum atomic E-state index is 0.435. The van der Waals surface area contributed by atoms with Gasteiger partial charge in [0.05, 0.1) is 12.2 Å². The molecule has 0 fully saturated rings. The monoisotopic (exact) mass is 310 g/mol. The van der Waals surface area contributed by atoms with Crippen LogP contribution in [0.2, 0.25) is 0 Å². The van der Waals surface area contributed by atoms with Gasteiger partial charge in [0.15, 0.2) is 5.96 Å². The summed E-state index contributed by atoms with van der Waals surface area (Å²) in [6, 6.07) is 0.435. The Balaban J connectivity index is 2.56. The number of aryl methyl sites for hydroxylation is 2. The Bertz CT molecular complexity index is 432. The van der Waals surface area contributed by atoms with Gasteiger partial charge in [-0.15, -0.1) is 11.3 Å². The number of aliphatic imine (C=N–C) groups is 1. The second kappa shape index (κ2) is 9.03. The van der Waals surface area contributed by atoms with Crippen molar-refractivity contribution >= 4 is 17.3 Å². The number of hydrogen-bond donors (Lipinski definition) is 2. The van der Waals surface area contributed by atoms with Crippen molar-refractivity contribution < 1.29 is 0 Å². The summed E-state index contributed by atoms with van der Waals surface area (Å²) in [6.45, 7) is 14.5. The van der Waals surface area contributed by atoms with Crippen molar-refractivity contribution in [3.8, 4) is 0 Å². The van der Waals surface area contributed by atoms with Crippen LogP contribution in [-0.2, 0) is 6.54 Å². The van der Waals surface area contributed by atoms with Crippen LogP contribution in [0.25, 0.3) is 0 Å². The molecule has 0 radical (unpaired) electrons. The molecule has 0 aromatic carbocycles. The molecule has 1 aromatic rings. The second-order valence-corrected chi connectivity index (χ2v) is 7.25. The maximum Gasteiger partial charge on any atom is 0.191 e. The Morgan fingerprint density at radius 2 is 1.95 bits per heavy atom. The van der Waals surface area contributed by atoms with Gasteiger partial charge in [0.1, 0.15) is 5.01 Å². The number of nitrogens with one attached hydrogen (secondary N) is 2. The molecule has 0 saturated heterocycles. The van der Waals surface area contributed by atoms with Gasteiger partial charge in [-0.3, -0.25) is 0 Å². The molecule has 5 heteroatoms. The van der Waals surface area contributed by atoms with Crippen LogP contribution in [0.1, 0.15) is 56.1 Å². The Morgan fingerprint density at radius 1 is 1.24 bits per heavy atom. The van der Waals surface area contributed by atoms with Gasteiger partial charge < -0.3 is 10.6 Å². The number of aromatic nitrogens is 1. The van der Waals surface area contributed by atoms with E-state index in [2.05, 4.69) is 62.2 Å². The van der Waals surface area contributed by atoms with Crippen molar-refractivity contribution in [2.24, 2.45) is 10.9 Å². The minimum absolute atomic E-state index is 0.435. The zero-order chi connectivity index (χ0) is 15.8. The molecule has 0 aliphatic heterocycles. The molecule has 1 rings (SSSR count). The van der Waals surface area contributed by atoms with E-state index in [0.717, 1.165) is 35.5 Å². The van der Waals surface area contributed by atoms with E-state index in [4.69, 9.17) is 0 Å². The highest BCUT2D eigenvalue weighted by Gasteiger charge is 2.07. The summed E-state index contributed by atoms with van der Waals surface area (Å²) in [7, 11) is 0. The van der Waals surface area contributed by atoms with Gasteiger partial charge in [0, 0.05) is 17.5 Å². The fraction of sp³-hybridized carbons (Fsp3) is 0.750. The van der Waals surface area contributed by atoms with Crippen molar-refractivity contribution in [3.63, 3.8) is 0 Å². The van der Waals surface area contributed by atoms with E-state index in [1.165, 1.54) is 11.3 Å². The van der Waals surface area contributed by atoms with E-state index >= 15 is 0 Å². The zero-order valence-corrected chi connectivity index (χ0v) is 15.1. The summed E-state index contributed by atoms with van der Waals surface area (Å²) < 4.78 is 0. The van der Waals surface area contributed by atoms with Gasteiger partial charge in [-0.25, -0.2) is 9.98 Å². The molecule has 120 valence electrons. The summed E-state index contributed by atoms with van der Waals surface area (Å²) >= 11 is 1.73. The molecule has 2 N–H and O–H groups in total. The number of thiazole rings is 1. The predicted octanol–water partition coefficient (Wildman–Crippen LogP) is 3.64. The van der Waals surface area contributed by atoms with Gasteiger partial charge in [-0.1, -0.05) is 13.8 Å². The Morgan fingerprint density at radius 3 is 2.48 bits per heavy atom. The Hall–Kier alpha value is -1.10. The van der Waals surface area contributed by atoms with Crippen LogP contribution in [-0.4, -0.2) is 23.5 Å². The van der Waals surface area contributed by atoms with Crippen molar-refractivity contribution in [2.45, 2.75) is 67.0 Å². The molecule has 0 aliphatic carbocycles. The van der Waals surface area contributed by atoms with Crippen molar-refractivity contribution in [2.75, 3.05) is 6.54 Å². The molecule has 0 bridgehead atoms. The van der Waals surface area contributed by atoms with Crippen LogP contribution >= 0.6 is 11.3 Å². The van der Waals surface area contributed by atoms with Crippen LogP contribution in [0.15, 0.2) is 4.99 Å². The van der Waals surface area contributed by atoms with Crippen LogP contribution in [0.5, 0.6) is 0 Å². The van der Waals surface area contributed by atoms with Gasteiger partial charge in [0.25, 0.3) is 0 Å². The van der Waals surface area contributed by atoms with Gasteiger partial charge in [0.2, 0.25) is 0 Å². The first-order valence-corrected chi connectivity index (χ1v) is 8.71. The van der Waals surface area contributed by atoms with E-state index in [9.17, 15) is 0 Å². The topological polar surface area (TPSA) is 49.3 Å². The Labute approximate surface area is 133 Å². The summed E-state index contributed by atoms with van der Waals surface area (Å²) in [6.07, 6.45) is 2.40. The summed E-state index contributed by atoms with van der Waals surface area (Å²) in [5.41, 5.74) is 1.12. The number of nitrogens with zero attached hydrogens (tertiary/aromatic N) is 2. The van der Waals surface area contributed by atoms with E-state index < -0.39 is 0 Å². The largest absolute Gasteiger partial charge is 0.357 e. The summed E-state index contributed by atoms with van der Waals surface area (Å²) in [5.74, 6) is 1.63. The molecule has 0 spiro atoms. The summed E-state index contributed by atoms with van der Waals surface area (Å²) in [4.78, 5) is 10.5. The highest BCUT2D eigenvalue weighted by Crippen LogP contribution is 2.17. The lowest BCUT2D eigenvalue weighted by Gasteiger charge is -2.18. The molecule has 0 amide bonds. The maximum atomic E-state index is 4.65. The highest BCUT2D eigenvalue weighted by molar-refractivity contribution is 7.11. The smallest absolute Gasteiger partial charge is 0.191 e. The fourth-order valence-corrected chi connectivity index (χ4v) is 2.82. The van der Waals surface area contributed by atoms with Gasteiger partial charge in [-0.05, 0) is 46.5 Å². The van der Waals surface area contributed by atoms with Crippen LogP contribution in [0.3, 0.4) is 0 Å². The van der Waals surface area contributed by atoms with Crippen molar-refractivity contribution in [3.05, 3.63) is 15.6 Å². The third-order valence-corrected chi connectivity index (χ3v) is 4.41. The SMILES string of the molecule is CCNC(=NCc1nc(C)c(C)s1)NC(C)CCC(C)C. The van der Waals surface area contributed by atoms with Crippen LogP contribution in [0.4, 0.5) is 0 Å². The molecule has 4 nitrogen and oxygen atoms in total. The average molecular weight is 311 g/mol. The maximum absolute atomic E-state index is 4.65. The summed E-state index contributed by atoms with van der Waals surface area (Å²) in [5, 5.41) is 7.87. The van der Waals surface area contributed by atoms with E-state index in [-0.39, 0.29) is 0 Å². The number of guanidine groups is 1. The molecular formula is C16H30N4S. The van der Waals surface area contributed by atoms with Gasteiger partial charge in [-0.2, -0.15) is 0 Å². The quantitative estimate of drug-likeness (QED) is 0.597. The first-order valence-electron chi connectivity index (χ1n) is 7.90. The third kappa shape index (κ3) is 6.93. The molecule has 21 heavy (non-hydrogen) atoms. The zero-order valence-electron chi connectivity index (χ0n) is 14.3. The number of rotatable bonds is 7. The second-order valence-electron chi connectivity index (χ2n) is 5.96. The first kappa shape index (κ1) is 18.0. The molecule has 1 aromatic heterocycles. The lowest BCUT2D eigenvalue weighted by atomic mass is 10.0. The van der Waals surface area contributed by atoms with E-state index in [1.807, 2.05) is 0 Å². The molecule has 1 atom stereocenters. The van der Waals surface area contributed by atoms with Crippen molar-refractivity contribution in [1.82, 2.24) is 15.6 Å². The van der Waals surface area contributed by atoms with Crippen LogP contribution < -0.4 is 10.6 Å². The van der Waals surface area contributed by atoms with E-state index in [1.54, 1.807) is 11.3 Å². The average Bonchev–Trinajstić information content (AvgIpc) is 2.73. The first-order chi connectivity index (χ1) is 9.92. The molecule has 1 unspecified atom stereocenters. The van der Waals surface area contributed by atoms with E-state index in [0.29, 0.717) is 12.6 Å². The standard InChI is InChI=1S/C16H30N4S/c1-7-17-16(19-12(4)9-8-11(2)3)18-10-15-20-13(5)14(6)21-15/h11-12H,7-10H2,1-6H3,(H2,17,18,19). The molecule has 1 heterocycles. The normalized spacial score (nSPS) is 13.6. The number of hydrogen-bond acceptors (Lipinski definition) is 3. The Kier molecular flexibility index (Phi) is 7.72. The molecular weight excluding hydrogens is 280 g/mol. The predicted molar refractivity (Wildman–Crippen MR) is 93.1 cm³/mol. The lowest BCUT2D eigenvalue weighted by molar-refractivity contribution is 0.489. The van der Waals surface area contributed by atoms with Gasteiger partial charge >= 0.3 is 0 Å². The minimum Gasteiger partial charge on any atom is -0.357 e. The lowest BCUT2D eigenvalue weighted by Crippen LogP contribution is -2.42. The van der Waals surface area contributed by atoms with Crippen LogP contribution in [0, 0.1) is 19.8 Å². The third-order valence-electron chi connectivity index (χ3n) is 3.35. The fourth-order valence-electron chi connectivity index (χ4n) is 1.96. The van der Waals surface area contributed by atoms with Crippen molar-refractivity contribution in [1.29, 1.82) is 0 Å². The molecule has 0 saturated carbocycles.